The number of nitrogen functional groups attached to an aromatic ring is 1. The van der Waals surface area contributed by atoms with E-state index in [4.69, 9.17) is 10.8 Å². The first-order chi connectivity index (χ1) is 6.77. The number of aliphatic hydroxyl groups excluding tert-OH is 1. The van der Waals surface area contributed by atoms with Crippen LogP contribution in [0.25, 0.3) is 0 Å². The molecule has 4 heteroatoms. The van der Waals surface area contributed by atoms with Gasteiger partial charge in [0.2, 0.25) is 0 Å². The van der Waals surface area contributed by atoms with E-state index < -0.39 is 0 Å². The number of rotatable bonds is 5. The maximum absolute atomic E-state index is 8.87. The molecule has 1 aromatic rings. The van der Waals surface area contributed by atoms with Crippen molar-refractivity contribution in [3.8, 4) is 0 Å². The molecule has 0 aliphatic rings. The topological polar surface area (TPSA) is 62.4 Å². The highest BCUT2D eigenvalue weighted by molar-refractivity contribution is 5.52. The molecule has 4 nitrogen and oxygen atoms in total. The van der Waals surface area contributed by atoms with Crippen molar-refractivity contribution in [1.82, 2.24) is 4.98 Å². The quantitative estimate of drug-likeness (QED) is 0.674. The van der Waals surface area contributed by atoms with E-state index in [1.54, 1.807) is 18.3 Å². The second-order valence-electron chi connectivity index (χ2n) is 2.90. The molecule has 76 valence electrons. The lowest BCUT2D eigenvalue weighted by molar-refractivity contribution is 0.303. The molecule has 0 aliphatic heterocycles. The molecule has 0 radical (unpaired) electrons. The van der Waals surface area contributed by atoms with Gasteiger partial charge >= 0.3 is 0 Å². The van der Waals surface area contributed by atoms with Crippen LogP contribution < -0.4 is 10.6 Å². The van der Waals surface area contributed by atoms with Crippen LogP contribution in [0.1, 0.15) is 0 Å². The molecule has 1 aromatic heterocycles. The summed E-state index contributed by atoms with van der Waals surface area (Å²) >= 11 is 0. The minimum absolute atomic E-state index is 0.107. The van der Waals surface area contributed by atoms with E-state index in [1.165, 1.54) is 0 Å². The van der Waals surface area contributed by atoms with Gasteiger partial charge in [0.1, 0.15) is 5.82 Å². The number of hydrogen-bond donors (Lipinski definition) is 2. The minimum Gasteiger partial charge on any atom is -0.395 e. The lowest BCUT2D eigenvalue weighted by Gasteiger charge is -2.22. The molecular formula is C10H15N3O. The molecule has 0 unspecified atom stereocenters. The lowest BCUT2D eigenvalue weighted by atomic mass is 10.3. The maximum Gasteiger partial charge on any atom is 0.125 e. The zero-order valence-electron chi connectivity index (χ0n) is 8.06. The maximum atomic E-state index is 8.87. The van der Waals surface area contributed by atoms with E-state index in [0.717, 1.165) is 5.69 Å². The molecule has 0 aliphatic carbocycles. The van der Waals surface area contributed by atoms with Gasteiger partial charge in [-0.1, -0.05) is 6.08 Å². The van der Waals surface area contributed by atoms with Crippen molar-refractivity contribution < 1.29 is 5.11 Å². The first kappa shape index (κ1) is 10.5. The molecule has 1 heterocycles. The van der Waals surface area contributed by atoms with E-state index in [2.05, 4.69) is 11.6 Å². The van der Waals surface area contributed by atoms with Crippen molar-refractivity contribution in [1.29, 1.82) is 0 Å². The molecule has 0 saturated heterocycles. The zero-order valence-corrected chi connectivity index (χ0v) is 8.06. The van der Waals surface area contributed by atoms with Gasteiger partial charge in [-0.2, -0.15) is 0 Å². The highest BCUT2D eigenvalue weighted by Crippen LogP contribution is 2.14. The van der Waals surface area contributed by atoms with Gasteiger partial charge in [0.05, 0.1) is 6.61 Å². The van der Waals surface area contributed by atoms with Gasteiger partial charge in [-0.25, -0.2) is 4.98 Å². The predicted octanol–water partition coefficient (Wildman–Crippen LogP) is 0.648. The Bertz CT molecular complexity index is 301. The lowest BCUT2D eigenvalue weighted by Crippen LogP contribution is -2.26. The van der Waals surface area contributed by atoms with Crippen LogP contribution in [-0.2, 0) is 0 Å². The highest BCUT2D eigenvalue weighted by Gasteiger charge is 2.03. The van der Waals surface area contributed by atoms with Crippen molar-refractivity contribution >= 4 is 11.5 Å². The standard InChI is InChI=1S/C10H15N3O/c1-2-5-13(6-7-14)9-3-4-12-10(11)8-9/h2-4,8,14H,1,5-7H2,(H2,11,12). The van der Waals surface area contributed by atoms with E-state index in [9.17, 15) is 0 Å². The Morgan fingerprint density at radius 3 is 3.00 bits per heavy atom. The van der Waals surface area contributed by atoms with Gasteiger partial charge in [-0.3, -0.25) is 0 Å². The molecule has 0 amide bonds. The van der Waals surface area contributed by atoms with Crippen molar-refractivity contribution in [2.75, 3.05) is 30.3 Å². The number of nitrogens with zero attached hydrogens (tertiary/aromatic N) is 2. The fourth-order valence-electron chi connectivity index (χ4n) is 1.24. The van der Waals surface area contributed by atoms with Crippen LogP contribution in [0.2, 0.25) is 0 Å². The molecule has 0 bridgehead atoms. The van der Waals surface area contributed by atoms with Gasteiger partial charge < -0.3 is 15.7 Å². The third-order valence-electron chi connectivity index (χ3n) is 1.85. The van der Waals surface area contributed by atoms with E-state index in [-0.39, 0.29) is 6.61 Å². The number of aromatic nitrogens is 1. The number of aliphatic hydroxyl groups is 1. The summed E-state index contributed by atoms with van der Waals surface area (Å²) in [6.07, 6.45) is 3.43. The van der Waals surface area contributed by atoms with Crippen molar-refractivity contribution in [2.24, 2.45) is 0 Å². The summed E-state index contributed by atoms with van der Waals surface area (Å²) in [6, 6.07) is 3.63. The normalized spacial score (nSPS) is 9.79. The van der Waals surface area contributed by atoms with Crippen LogP contribution in [0.4, 0.5) is 11.5 Å². The van der Waals surface area contributed by atoms with E-state index in [1.807, 2.05) is 11.0 Å². The molecule has 0 aromatic carbocycles. The molecule has 0 saturated carbocycles. The van der Waals surface area contributed by atoms with E-state index >= 15 is 0 Å². The average molecular weight is 193 g/mol. The van der Waals surface area contributed by atoms with Gasteiger partial charge in [0.15, 0.2) is 0 Å². The highest BCUT2D eigenvalue weighted by atomic mass is 16.3. The third-order valence-corrected chi connectivity index (χ3v) is 1.85. The molecule has 0 fully saturated rings. The fourth-order valence-corrected chi connectivity index (χ4v) is 1.24. The first-order valence-electron chi connectivity index (χ1n) is 4.46. The summed E-state index contributed by atoms with van der Waals surface area (Å²) in [5.74, 6) is 0.481. The monoisotopic (exact) mass is 193 g/mol. The smallest absolute Gasteiger partial charge is 0.125 e. The first-order valence-corrected chi connectivity index (χ1v) is 4.46. The summed E-state index contributed by atoms with van der Waals surface area (Å²) in [4.78, 5) is 5.88. The van der Waals surface area contributed by atoms with Gasteiger partial charge in [-0.05, 0) is 6.07 Å². The molecule has 0 atom stereocenters. The number of anilines is 2. The van der Waals surface area contributed by atoms with Crippen LogP contribution in [0, 0.1) is 0 Å². The summed E-state index contributed by atoms with van der Waals surface area (Å²) in [7, 11) is 0. The van der Waals surface area contributed by atoms with Gasteiger partial charge in [-0.15, -0.1) is 6.58 Å². The SMILES string of the molecule is C=CCN(CCO)c1ccnc(N)c1. The molecular weight excluding hydrogens is 178 g/mol. The Balaban J connectivity index is 2.80. The second-order valence-corrected chi connectivity index (χ2v) is 2.90. The van der Waals surface area contributed by atoms with Gasteiger partial charge in [0, 0.05) is 31.0 Å². The third kappa shape index (κ3) is 2.74. The van der Waals surface area contributed by atoms with Crippen LogP contribution in [-0.4, -0.2) is 29.8 Å². The minimum atomic E-state index is 0.107. The predicted molar refractivity (Wildman–Crippen MR) is 58.1 cm³/mol. The summed E-state index contributed by atoms with van der Waals surface area (Å²) in [6.45, 7) is 5.02. The number of pyridine rings is 1. The van der Waals surface area contributed by atoms with Crippen LogP contribution >= 0.6 is 0 Å². The van der Waals surface area contributed by atoms with Crippen molar-refractivity contribution in [3.63, 3.8) is 0 Å². The Morgan fingerprint density at radius 1 is 1.64 bits per heavy atom. The summed E-state index contributed by atoms with van der Waals surface area (Å²) in [5.41, 5.74) is 6.51. The van der Waals surface area contributed by atoms with Crippen molar-refractivity contribution in [2.45, 2.75) is 0 Å². The molecule has 14 heavy (non-hydrogen) atoms. The molecule has 0 spiro atoms. The van der Waals surface area contributed by atoms with E-state index in [0.29, 0.717) is 18.9 Å². The zero-order chi connectivity index (χ0) is 10.4. The average Bonchev–Trinajstić information content (AvgIpc) is 2.17. The fraction of sp³-hybridized carbons (Fsp3) is 0.300. The molecule has 1 rings (SSSR count). The largest absolute Gasteiger partial charge is 0.395 e. The summed E-state index contributed by atoms with van der Waals surface area (Å²) in [5, 5.41) is 8.87. The van der Waals surface area contributed by atoms with Crippen molar-refractivity contribution in [3.05, 3.63) is 31.0 Å². The van der Waals surface area contributed by atoms with Gasteiger partial charge in [0.25, 0.3) is 0 Å². The molecule has 3 N–H and O–H groups in total. The summed E-state index contributed by atoms with van der Waals surface area (Å²) < 4.78 is 0. The Morgan fingerprint density at radius 2 is 2.43 bits per heavy atom. The van der Waals surface area contributed by atoms with Crippen LogP contribution in [0.15, 0.2) is 31.0 Å². The number of nitrogens with two attached hydrogens (primary N) is 1. The Labute approximate surface area is 83.7 Å². The van der Waals surface area contributed by atoms with Crippen LogP contribution in [0.5, 0.6) is 0 Å². The second kappa shape index (κ2) is 5.24. The Kier molecular flexibility index (Phi) is 3.94. The van der Waals surface area contributed by atoms with Crippen LogP contribution in [0.3, 0.4) is 0 Å². The Hall–Kier alpha value is -1.55. The number of hydrogen-bond acceptors (Lipinski definition) is 4.